The van der Waals surface area contributed by atoms with Gasteiger partial charge in [0.25, 0.3) is 6.43 Å². The lowest BCUT2D eigenvalue weighted by atomic mass is 10.2. The summed E-state index contributed by atoms with van der Waals surface area (Å²) in [4.78, 5) is 3.37. The fourth-order valence-electron chi connectivity index (χ4n) is 0.763. The molecule has 1 rings (SSSR count). The van der Waals surface area contributed by atoms with Crippen LogP contribution < -0.4 is 0 Å². The van der Waals surface area contributed by atoms with Gasteiger partial charge in [-0.05, 0) is 22.0 Å². The summed E-state index contributed by atoms with van der Waals surface area (Å²) in [5, 5.41) is 0.314. The van der Waals surface area contributed by atoms with E-state index < -0.39 is 17.9 Å². The maximum Gasteiger partial charge on any atom is 0.268 e. The zero-order valence-corrected chi connectivity index (χ0v) is 9.37. The van der Waals surface area contributed by atoms with Crippen LogP contribution in [0.3, 0.4) is 0 Å². The molecule has 0 spiro atoms. The van der Waals surface area contributed by atoms with Crippen LogP contribution in [0.2, 0.25) is 0 Å². The third-order valence-corrected chi connectivity index (χ3v) is 2.61. The van der Waals surface area contributed by atoms with E-state index in [2.05, 4.69) is 36.8 Å². The van der Waals surface area contributed by atoms with Crippen molar-refractivity contribution < 1.29 is 13.2 Å². The van der Waals surface area contributed by atoms with E-state index in [1.54, 1.807) is 0 Å². The van der Waals surface area contributed by atoms with Crippen LogP contribution >= 0.6 is 31.9 Å². The normalized spacial score (nSPS) is 10.9. The lowest BCUT2D eigenvalue weighted by Crippen LogP contribution is -1.98. The molecule has 0 unspecified atom stereocenters. The SMILES string of the molecule is Fc1nc(CBr)c(Br)cc1C(F)F. The maximum atomic E-state index is 12.8. The van der Waals surface area contributed by atoms with Gasteiger partial charge in [0.1, 0.15) is 0 Å². The molecule has 13 heavy (non-hydrogen) atoms. The summed E-state index contributed by atoms with van der Waals surface area (Å²) in [6.45, 7) is 0. The quantitative estimate of drug-likeness (QED) is 0.597. The van der Waals surface area contributed by atoms with E-state index in [-0.39, 0.29) is 0 Å². The first-order valence-corrected chi connectivity index (χ1v) is 5.16. The van der Waals surface area contributed by atoms with Gasteiger partial charge in [-0.3, -0.25) is 0 Å². The molecular weight excluding hydrogens is 315 g/mol. The minimum Gasteiger partial charge on any atom is -0.222 e. The van der Waals surface area contributed by atoms with Crippen LogP contribution in [-0.2, 0) is 5.33 Å². The van der Waals surface area contributed by atoms with E-state index in [9.17, 15) is 13.2 Å². The first kappa shape index (κ1) is 11.0. The minimum atomic E-state index is -2.84. The zero-order valence-electron chi connectivity index (χ0n) is 6.20. The number of hydrogen-bond donors (Lipinski definition) is 0. The summed E-state index contributed by atoms with van der Waals surface area (Å²) < 4.78 is 37.5. The van der Waals surface area contributed by atoms with Crippen LogP contribution in [0.1, 0.15) is 17.7 Å². The molecule has 0 aromatic carbocycles. The Morgan fingerprint density at radius 3 is 2.54 bits per heavy atom. The molecule has 0 fully saturated rings. The molecule has 0 saturated carbocycles. The van der Waals surface area contributed by atoms with E-state index in [0.29, 0.717) is 15.5 Å². The van der Waals surface area contributed by atoms with E-state index >= 15 is 0 Å². The van der Waals surface area contributed by atoms with Gasteiger partial charge in [-0.2, -0.15) is 4.39 Å². The van der Waals surface area contributed by atoms with Gasteiger partial charge in [0, 0.05) is 9.80 Å². The Morgan fingerprint density at radius 2 is 2.08 bits per heavy atom. The van der Waals surface area contributed by atoms with Crippen molar-refractivity contribution in [2.45, 2.75) is 11.8 Å². The molecule has 1 heterocycles. The summed E-state index contributed by atoms with van der Waals surface area (Å²) >= 11 is 6.07. The number of rotatable bonds is 2. The monoisotopic (exact) mass is 317 g/mol. The van der Waals surface area contributed by atoms with Crippen molar-refractivity contribution in [1.82, 2.24) is 4.98 Å². The Bertz CT molecular complexity index is 317. The number of hydrogen-bond acceptors (Lipinski definition) is 1. The summed E-state index contributed by atoms with van der Waals surface area (Å²) in [6, 6.07) is 1.05. The fraction of sp³-hybridized carbons (Fsp3) is 0.286. The second-order valence-corrected chi connectivity index (χ2v) is 3.65. The van der Waals surface area contributed by atoms with Gasteiger partial charge in [-0.1, -0.05) is 15.9 Å². The van der Waals surface area contributed by atoms with Crippen molar-refractivity contribution in [3.8, 4) is 0 Å². The average Bonchev–Trinajstić information content (AvgIpc) is 2.07. The second-order valence-electron chi connectivity index (χ2n) is 2.23. The predicted molar refractivity (Wildman–Crippen MR) is 49.5 cm³/mol. The average molecular weight is 319 g/mol. The Hall–Kier alpha value is -0.100. The van der Waals surface area contributed by atoms with Crippen molar-refractivity contribution >= 4 is 31.9 Å². The highest BCUT2D eigenvalue weighted by molar-refractivity contribution is 9.10. The van der Waals surface area contributed by atoms with Crippen LogP contribution in [0, 0.1) is 5.95 Å². The van der Waals surface area contributed by atoms with Gasteiger partial charge < -0.3 is 0 Å². The van der Waals surface area contributed by atoms with Crippen molar-refractivity contribution in [3.63, 3.8) is 0 Å². The summed E-state index contributed by atoms with van der Waals surface area (Å²) in [5.74, 6) is -1.12. The highest BCUT2D eigenvalue weighted by Gasteiger charge is 2.16. The molecule has 0 bridgehead atoms. The lowest BCUT2D eigenvalue weighted by molar-refractivity contribution is 0.145. The van der Waals surface area contributed by atoms with E-state index in [4.69, 9.17) is 0 Å². The fourth-order valence-corrected chi connectivity index (χ4v) is 2.04. The topological polar surface area (TPSA) is 12.9 Å². The molecule has 6 heteroatoms. The molecular formula is C7H4Br2F3N. The maximum absolute atomic E-state index is 12.8. The Balaban J connectivity index is 3.20. The van der Waals surface area contributed by atoms with Gasteiger partial charge in [-0.15, -0.1) is 0 Å². The van der Waals surface area contributed by atoms with E-state index in [0.717, 1.165) is 6.07 Å². The minimum absolute atomic E-state index is 0.314. The smallest absolute Gasteiger partial charge is 0.222 e. The van der Waals surface area contributed by atoms with Crippen molar-refractivity contribution in [1.29, 1.82) is 0 Å². The Labute approximate surface area is 89.6 Å². The van der Waals surface area contributed by atoms with Gasteiger partial charge in [0.15, 0.2) is 0 Å². The highest BCUT2D eigenvalue weighted by Crippen LogP contribution is 2.26. The van der Waals surface area contributed by atoms with Gasteiger partial charge in [0.05, 0.1) is 11.3 Å². The number of alkyl halides is 3. The van der Waals surface area contributed by atoms with Crippen LogP contribution in [0.25, 0.3) is 0 Å². The third kappa shape index (κ3) is 2.43. The predicted octanol–water partition coefficient (Wildman–Crippen LogP) is 3.82. The van der Waals surface area contributed by atoms with Crippen molar-refractivity contribution in [2.75, 3.05) is 0 Å². The number of aromatic nitrogens is 1. The number of pyridine rings is 1. The largest absolute Gasteiger partial charge is 0.268 e. The van der Waals surface area contributed by atoms with Gasteiger partial charge in [0.2, 0.25) is 5.95 Å². The zero-order chi connectivity index (χ0) is 10.0. The van der Waals surface area contributed by atoms with Crippen LogP contribution in [0.15, 0.2) is 10.5 Å². The first-order chi connectivity index (χ1) is 6.06. The molecule has 0 radical (unpaired) electrons. The molecule has 1 aromatic heterocycles. The Kier molecular flexibility index (Phi) is 3.73. The molecule has 1 nitrogen and oxygen atoms in total. The number of nitrogens with zero attached hydrogens (tertiary/aromatic N) is 1. The van der Waals surface area contributed by atoms with Crippen molar-refractivity contribution in [3.05, 3.63) is 27.7 Å². The molecule has 1 aromatic rings. The Morgan fingerprint density at radius 1 is 1.46 bits per heavy atom. The molecule has 0 aliphatic heterocycles. The standard InChI is InChI=1S/C7H4Br2F3N/c8-2-5-4(9)1-3(6(10)11)7(12)13-5/h1,6H,2H2. The highest BCUT2D eigenvalue weighted by atomic mass is 79.9. The third-order valence-electron chi connectivity index (χ3n) is 1.39. The van der Waals surface area contributed by atoms with Crippen LogP contribution in [0.5, 0.6) is 0 Å². The summed E-state index contributed by atoms with van der Waals surface area (Å²) in [5.41, 5.74) is -0.321. The van der Waals surface area contributed by atoms with Gasteiger partial charge in [-0.25, -0.2) is 13.8 Å². The van der Waals surface area contributed by atoms with Crippen LogP contribution in [-0.4, -0.2) is 4.98 Å². The van der Waals surface area contributed by atoms with Gasteiger partial charge >= 0.3 is 0 Å². The van der Waals surface area contributed by atoms with E-state index in [1.807, 2.05) is 0 Å². The molecule has 0 aliphatic rings. The molecule has 0 aliphatic carbocycles. The molecule has 72 valence electrons. The lowest BCUT2D eigenvalue weighted by Gasteiger charge is -2.04. The number of halogens is 5. The first-order valence-electron chi connectivity index (χ1n) is 3.25. The molecule has 0 atom stereocenters. The molecule has 0 saturated heterocycles. The summed E-state index contributed by atoms with van der Waals surface area (Å²) in [7, 11) is 0. The summed E-state index contributed by atoms with van der Waals surface area (Å²) in [6.07, 6.45) is -2.84. The van der Waals surface area contributed by atoms with E-state index in [1.165, 1.54) is 0 Å². The van der Waals surface area contributed by atoms with Crippen molar-refractivity contribution in [2.24, 2.45) is 0 Å². The van der Waals surface area contributed by atoms with Crippen LogP contribution in [0.4, 0.5) is 13.2 Å². The second kappa shape index (κ2) is 4.41. The molecule has 0 N–H and O–H groups in total. The molecule has 0 amide bonds.